The second-order valence-corrected chi connectivity index (χ2v) is 7.87. The molecule has 6 heteroatoms. The Kier molecular flexibility index (Phi) is 5.56. The van der Waals surface area contributed by atoms with Gasteiger partial charge in [-0.15, -0.1) is 0 Å². The lowest BCUT2D eigenvalue weighted by Crippen LogP contribution is -2.37. The van der Waals surface area contributed by atoms with E-state index in [1.807, 2.05) is 67.5 Å². The molecule has 5 nitrogen and oxygen atoms in total. The minimum absolute atomic E-state index is 0.151. The fourth-order valence-electron chi connectivity index (χ4n) is 4.67. The lowest BCUT2D eigenvalue weighted by atomic mass is 9.78. The largest absolute Gasteiger partial charge is 0.496 e. The van der Waals surface area contributed by atoms with Crippen molar-refractivity contribution in [2.75, 3.05) is 20.2 Å². The molecular weight excluding hydrogens is 398 g/mol. The standard InChI is InChI=1S/C24H26ClN3O2/c1-4-27(5-2)21(29)13-14-24(17-9-11-18(25)12-10-17)22-19(7-6-8-20(22)30-3)23-26-15-16-28(23)24/h6-12,15-16H,4-5,13-14H2,1-3H3. The number of rotatable bonds is 7. The Morgan fingerprint density at radius 1 is 1.17 bits per heavy atom. The van der Waals surface area contributed by atoms with Gasteiger partial charge in [0.1, 0.15) is 17.1 Å². The highest BCUT2D eigenvalue weighted by atomic mass is 35.5. The molecule has 0 N–H and O–H groups in total. The first-order valence-corrected chi connectivity index (χ1v) is 10.7. The quantitative estimate of drug-likeness (QED) is 0.539. The van der Waals surface area contributed by atoms with Crippen molar-refractivity contribution in [3.63, 3.8) is 0 Å². The molecule has 0 bridgehead atoms. The number of methoxy groups -OCH3 is 1. The maximum absolute atomic E-state index is 13.0. The number of halogens is 1. The van der Waals surface area contributed by atoms with Crippen LogP contribution >= 0.6 is 11.6 Å². The van der Waals surface area contributed by atoms with Crippen molar-refractivity contribution in [3.05, 3.63) is 71.0 Å². The zero-order valence-electron chi connectivity index (χ0n) is 17.6. The van der Waals surface area contributed by atoms with E-state index in [2.05, 4.69) is 15.6 Å². The van der Waals surface area contributed by atoms with Crippen LogP contribution in [0.1, 0.15) is 37.8 Å². The topological polar surface area (TPSA) is 47.4 Å². The molecule has 1 unspecified atom stereocenters. The van der Waals surface area contributed by atoms with E-state index in [9.17, 15) is 4.79 Å². The molecule has 30 heavy (non-hydrogen) atoms. The van der Waals surface area contributed by atoms with Gasteiger partial charge in [-0.25, -0.2) is 4.98 Å². The molecule has 2 aromatic carbocycles. The Labute approximate surface area is 182 Å². The van der Waals surface area contributed by atoms with Crippen LogP contribution in [0.2, 0.25) is 5.02 Å². The smallest absolute Gasteiger partial charge is 0.222 e. The normalized spacial score (nSPS) is 16.8. The van der Waals surface area contributed by atoms with Gasteiger partial charge < -0.3 is 14.2 Å². The number of ether oxygens (including phenoxy) is 1. The summed E-state index contributed by atoms with van der Waals surface area (Å²) in [6, 6.07) is 13.9. The molecule has 0 fully saturated rings. The summed E-state index contributed by atoms with van der Waals surface area (Å²) < 4.78 is 7.97. The number of aromatic nitrogens is 2. The van der Waals surface area contributed by atoms with E-state index in [1.165, 1.54) is 0 Å². The predicted octanol–water partition coefficient (Wildman–Crippen LogP) is 4.97. The summed E-state index contributed by atoms with van der Waals surface area (Å²) in [5, 5.41) is 0.678. The highest BCUT2D eigenvalue weighted by Crippen LogP contribution is 2.53. The van der Waals surface area contributed by atoms with Crippen molar-refractivity contribution in [2.24, 2.45) is 0 Å². The Balaban J connectivity index is 1.91. The second-order valence-electron chi connectivity index (χ2n) is 7.44. The maximum atomic E-state index is 13.0. The lowest BCUT2D eigenvalue weighted by Gasteiger charge is -2.35. The van der Waals surface area contributed by atoms with Crippen LogP contribution < -0.4 is 4.74 Å². The average molecular weight is 424 g/mol. The molecule has 1 aliphatic heterocycles. The molecule has 0 saturated carbocycles. The van der Waals surface area contributed by atoms with Gasteiger partial charge in [0, 0.05) is 48.1 Å². The summed E-state index contributed by atoms with van der Waals surface area (Å²) in [5.74, 6) is 1.83. The molecule has 0 spiro atoms. The summed E-state index contributed by atoms with van der Waals surface area (Å²) in [6.45, 7) is 5.44. The predicted molar refractivity (Wildman–Crippen MR) is 119 cm³/mol. The first kappa shape index (κ1) is 20.5. The maximum Gasteiger partial charge on any atom is 0.222 e. The van der Waals surface area contributed by atoms with Gasteiger partial charge in [0.05, 0.1) is 7.11 Å². The lowest BCUT2D eigenvalue weighted by molar-refractivity contribution is -0.131. The fourth-order valence-corrected chi connectivity index (χ4v) is 4.79. The monoisotopic (exact) mass is 423 g/mol. The van der Waals surface area contributed by atoms with Crippen LogP contribution in [0.15, 0.2) is 54.9 Å². The van der Waals surface area contributed by atoms with Gasteiger partial charge in [0.15, 0.2) is 0 Å². The number of benzene rings is 2. The molecule has 0 radical (unpaired) electrons. The van der Waals surface area contributed by atoms with Crippen molar-refractivity contribution in [2.45, 2.75) is 32.2 Å². The summed E-state index contributed by atoms with van der Waals surface area (Å²) in [5.41, 5.74) is 2.54. The van der Waals surface area contributed by atoms with Gasteiger partial charge in [-0.2, -0.15) is 0 Å². The molecule has 4 rings (SSSR count). The number of amides is 1. The highest BCUT2D eigenvalue weighted by Gasteiger charge is 2.47. The van der Waals surface area contributed by atoms with E-state index in [1.54, 1.807) is 7.11 Å². The number of nitrogens with zero attached hydrogens (tertiary/aromatic N) is 3. The zero-order chi connectivity index (χ0) is 21.3. The van der Waals surface area contributed by atoms with Crippen LogP contribution in [0.4, 0.5) is 0 Å². The van der Waals surface area contributed by atoms with Gasteiger partial charge in [0.2, 0.25) is 5.91 Å². The van der Waals surface area contributed by atoms with Crippen molar-refractivity contribution in [3.8, 4) is 17.1 Å². The van der Waals surface area contributed by atoms with Crippen LogP contribution in [-0.2, 0) is 10.3 Å². The summed E-state index contributed by atoms with van der Waals surface area (Å²) >= 11 is 6.20. The highest BCUT2D eigenvalue weighted by molar-refractivity contribution is 6.30. The van der Waals surface area contributed by atoms with Crippen LogP contribution in [-0.4, -0.2) is 40.6 Å². The van der Waals surface area contributed by atoms with E-state index in [0.29, 0.717) is 31.0 Å². The number of hydrogen-bond acceptors (Lipinski definition) is 3. The van der Waals surface area contributed by atoms with Crippen LogP contribution in [0.3, 0.4) is 0 Å². The molecule has 1 aliphatic rings. The second kappa shape index (κ2) is 8.15. The van der Waals surface area contributed by atoms with Crippen molar-refractivity contribution in [1.29, 1.82) is 0 Å². The third-order valence-electron chi connectivity index (χ3n) is 6.09. The molecule has 156 valence electrons. The average Bonchev–Trinajstić information content (AvgIpc) is 3.35. The minimum atomic E-state index is -0.596. The Morgan fingerprint density at radius 2 is 1.90 bits per heavy atom. The summed E-state index contributed by atoms with van der Waals surface area (Å²) in [7, 11) is 1.68. The van der Waals surface area contributed by atoms with Gasteiger partial charge in [-0.05, 0) is 44.0 Å². The number of carbonyl (C=O) groups excluding carboxylic acids is 1. The van der Waals surface area contributed by atoms with Crippen molar-refractivity contribution >= 4 is 17.5 Å². The molecule has 1 amide bonds. The van der Waals surface area contributed by atoms with Crippen molar-refractivity contribution in [1.82, 2.24) is 14.5 Å². The van der Waals surface area contributed by atoms with Crippen LogP contribution in [0.25, 0.3) is 11.4 Å². The number of hydrogen-bond donors (Lipinski definition) is 0. The molecule has 1 atom stereocenters. The van der Waals surface area contributed by atoms with Gasteiger partial charge in [-0.3, -0.25) is 4.79 Å². The summed E-state index contributed by atoms with van der Waals surface area (Å²) in [4.78, 5) is 19.5. The zero-order valence-corrected chi connectivity index (χ0v) is 18.3. The van der Waals surface area contributed by atoms with E-state index in [4.69, 9.17) is 16.3 Å². The number of fused-ring (bicyclic) bond motifs is 3. The van der Waals surface area contributed by atoms with Crippen molar-refractivity contribution < 1.29 is 9.53 Å². The Hall–Kier alpha value is -2.79. The first-order valence-electron chi connectivity index (χ1n) is 10.3. The minimum Gasteiger partial charge on any atom is -0.496 e. The van der Waals surface area contributed by atoms with Crippen LogP contribution in [0, 0.1) is 0 Å². The Morgan fingerprint density at radius 3 is 2.57 bits per heavy atom. The fraction of sp³-hybridized carbons (Fsp3) is 0.333. The molecule has 3 aromatic rings. The molecule has 1 aromatic heterocycles. The van der Waals surface area contributed by atoms with E-state index < -0.39 is 5.54 Å². The molecule has 0 aliphatic carbocycles. The summed E-state index contributed by atoms with van der Waals surface area (Å²) in [6.07, 6.45) is 4.82. The van der Waals surface area contributed by atoms with E-state index >= 15 is 0 Å². The van der Waals surface area contributed by atoms with E-state index in [0.717, 1.165) is 28.3 Å². The van der Waals surface area contributed by atoms with Gasteiger partial charge in [-0.1, -0.05) is 35.9 Å². The molecule has 0 saturated heterocycles. The van der Waals surface area contributed by atoms with E-state index in [-0.39, 0.29) is 5.91 Å². The Bertz CT molecular complexity index is 1060. The van der Waals surface area contributed by atoms with Gasteiger partial charge in [0.25, 0.3) is 0 Å². The van der Waals surface area contributed by atoms with Crippen LogP contribution in [0.5, 0.6) is 5.75 Å². The first-order chi connectivity index (χ1) is 14.6. The third kappa shape index (κ3) is 3.08. The number of carbonyl (C=O) groups is 1. The molecular formula is C24H26ClN3O2. The number of imidazole rings is 1. The van der Waals surface area contributed by atoms with Gasteiger partial charge >= 0.3 is 0 Å². The third-order valence-corrected chi connectivity index (χ3v) is 6.34. The SMILES string of the molecule is CCN(CC)C(=O)CCC1(c2ccc(Cl)cc2)c2c(OC)cccc2-c2nccn21. The molecule has 2 heterocycles.